The summed E-state index contributed by atoms with van der Waals surface area (Å²) >= 11 is 0. The molecular formula is C25H32N2O2. The first-order valence-electron chi connectivity index (χ1n) is 11.1. The summed E-state index contributed by atoms with van der Waals surface area (Å²) in [7, 11) is 0. The molecule has 2 aromatic rings. The molecule has 0 spiro atoms. The van der Waals surface area contributed by atoms with Gasteiger partial charge in [-0.2, -0.15) is 0 Å². The Balaban J connectivity index is 1.27. The zero-order valence-corrected chi connectivity index (χ0v) is 17.5. The highest BCUT2D eigenvalue weighted by Crippen LogP contribution is 2.26. The molecule has 2 aliphatic rings. The Labute approximate surface area is 174 Å². The van der Waals surface area contributed by atoms with E-state index in [0.717, 1.165) is 37.2 Å². The van der Waals surface area contributed by atoms with Crippen LogP contribution in [0.5, 0.6) is 5.75 Å². The third-order valence-corrected chi connectivity index (χ3v) is 6.13. The highest BCUT2D eigenvalue weighted by molar-refractivity contribution is 5.80. The van der Waals surface area contributed by atoms with Gasteiger partial charge in [-0.15, -0.1) is 0 Å². The number of hydrogen-bond acceptors (Lipinski definition) is 3. The van der Waals surface area contributed by atoms with Gasteiger partial charge in [-0.3, -0.25) is 4.79 Å². The first-order valence-corrected chi connectivity index (χ1v) is 11.1. The number of nitrogens with zero attached hydrogens (tertiary/aromatic N) is 1. The zero-order valence-electron chi connectivity index (χ0n) is 17.5. The number of piperidine rings is 1. The Morgan fingerprint density at radius 3 is 2.45 bits per heavy atom. The number of benzene rings is 2. The van der Waals surface area contributed by atoms with Gasteiger partial charge < -0.3 is 15.0 Å². The molecule has 1 aliphatic heterocycles. The molecular weight excluding hydrogens is 360 g/mol. The Bertz CT molecular complexity index is 825. The summed E-state index contributed by atoms with van der Waals surface area (Å²) < 4.78 is 5.91. The molecule has 1 atom stereocenters. The monoisotopic (exact) mass is 392 g/mol. The van der Waals surface area contributed by atoms with Crippen molar-refractivity contribution < 1.29 is 9.53 Å². The van der Waals surface area contributed by atoms with Crippen molar-refractivity contribution >= 4 is 11.6 Å². The van der Waals surface area contributed by atoms with E-state index < -0.39 is 6.10 Å². The maximum Gasteiger partial charge on any atom is 0.261 e. The van der Waals surface area contributed by atoms with Crippen molar-refractivity contribution in [2.45, 2.75) is 64.5 Å². The maximum absolute atomic E-state index is 12.5. The lowest BCUT2D eigenvalue weighted by atomic mass is 9.92. The fraction of sp³-hybridized carbons (Fsp3) is 0.480. The number of aryl methyl sites for hydroxylation is 2. The molecule has 1 aliphatic carbocycles. The van der Waals surface area contributed by atoms with Crippen molar-refractivity contribution in [3.63, 3.8) is 0 Å². The molecule has 0 aromatic heterocycles. The van der Waals surface area contributed by atoms with E-state index in [1.54, 1.807) is 0 Å². The topological polar surface area (TPSA) is 41.6 Å². The van der Waals surface area contributed by atoms with Gasteiger partial charge in [0.2, 0.25) is 0 Å². The number of hydrogen-bond donors (Lipinski definition) is 1. The number of ether oxygens (including phenoxy) is 1. The van der Waals surface area contributed by atoms with Crippen LogP contribution >= 0.6 is 0 Å². The standard InChI is InChI=1S/C25H32N2O2/c1-19(29-24-14-11-21-7-3-4-8-22(21)17-24)25(28)26-18-20-9-12-23(13-10-20)27-15-5-2-6-16-27/h9-14,17,19H,2-8,15-16,18H2,1H3,(H,26,28)/t19-/m0/s1. The van der Waals surface area contributed by atoms with Crippen molar-refractivity contribution in [3.8, 4) is 5.75 Å². The second-order valence-electron chi connectivity index (χ2n) is 8.33. The predicted octanol–water partition coefficient (Wildman–Crippen LogP) is 4.64. The first kappa shape index (κ1) is 19.8. The van der Waals surface area contributed by atoms with Gasteiger partial charge in [0.25, 0.3) is 5.91 Å². The summed E-state index contributed by atoms with van der Waals surface area (Å²) in [5, 5.41) is 3.00. The zero-order chi connectivity index (χ0) is 20.1. The van der Waals surface area contributed by atoms with Crippen molar-refractivity contribution in [2.75, 3.05) is 18.0 Å². The van der Waals surface area contributed by atoms with E-state index in [1.165, 1.54) is 48.9 Å². The fourth-order valence-electron chi connectivity index (χ4n) is 4.35. The summed E-state index contributed by atoms with van der Waals surface area (Å²) in [4.78, 5) is 14.9. The van der Waals surface area contributed by atoms with E-state index in [9.17, 15) is 4.79 Å². The maximum atomic E-state index is 12.5. The smallest absolute Gasteiger partial charge is 0.261 e. The van der Waals surface area contributed by atoms with Crippen LogP contribution in [0.15, 0.2) is 42.5 Å². The Morgan fingerprint density at radius 1 is 0.966 bits per heavy atom. The van der Waals surface area contributed by atoms with Gasteiger partial charge >= 0.3 is 0 Å². The van der Waals surface area contributed by atoms with Gasteiger partial charge in [0.05, 0.1) is 0 Å². The summed E-state index contributed by atoms with van der Waals surface area (Å²) in [6, 6.07) is 14.8. The average Bonchev–Trinajstić information content (AvgIpc) is 2.78. The Kier molecular flexibility index (Phi) is 6.38. The summed E-state index contributed by atoms with van der Waals surface area (Å²) in [6.45, 7) is 4.63. The van der Waals surface area contributed by atoms with Crippen molar-refractivity contribution in [2.24, 2.45) is 0 Å². The average molecular weight is 393 g/mol. The number of fused-ring (bicyclic) bond motifs is 1. The minimum Gasteiger partial charge on any atom is -0.481 e. The number of carbonyl (C=O) groups excluding carboxylic acids is 1. The SMILES string of the molecule is C[C@H](Oc1ccc2c(c1)CCCC2)C(=O)NCc1ccc(N2CCCCC2)cc1. The number of rotatable bonds is 6. The molecule has 1 heterocycles. The molecule has 0 unspecified atom stereocenters. The number of carbonyl (C=O) groups is 1. The lowest BCUT2D eigenvalue weighted by Crippen LogP contribution is -2.36. The molecule has 1 N–H and O–H groups in total. The van der Waals surface area contributed by atoms with Gasteiger partial charge in [-0.05, 0) is 92.8 Å². The summed E-state index contributed by atoms with van der Waals surface area (Å²) in [5.41, 5.74) is 5.19. The third kappa shape index (κ3) is 5.11. The van der Waals surface area contributed by atoms with Crippen molar-refractivity contribution in [1.82, 2.24) is 5.32 Å². The minimum absolute atomic E-state index is 0.0807. The minimum atomic E-state index is -0.510. The Morgan fingerprint density at radius 2 is 1.69 bits per heavy atom. The lowest BCUT2D eigenvalue weighted by Gasteiger charge is -2.28. The molecule has 2 aromatic carbocycles. The van der Waals surface area contributed by atoms with Gasteiger partial charge in [0, 0.05) is 25.3 Å². The molecule has 4 nitrogen and oxygen atoms in total. The van der Waals surface area contributed by atoms with Gasteiger partial charge in [0.1, 0.15) is 5.75 Å². The molecule has 154 valence electrons. The quantitative estimate of drug-likeness (QED) is 0.779. The molecule has 0 saturated carbocycles. The van der Waals surface area contributed by atoms with Crippen LogP contribution in [0.4, 0.5) is 5.69 Å². The van der Waals surface area contributed by atoms with E-state index >= 15 is 0 Å². The molecule has 1 amide bonds. The summed E-state index contributed by atoms with van der Waals surface area (Å²) in [6.07, 6.45) is 8.16. The molecule has 4 rings (SSSR count). The molecule has 4 heteroatoms. The second kappa shape index (κ2) is 9.34. The molecule has 1 saturated heterocycles. The predicted molar refractivity (Wildman–Crippen MR) is 118 cm³/mol. The van der Waals surface area contributed by atoms with Crippen LogP contribution in [0.1, 0.15) is 55.7 Å². The Hall–Kier alpha value is -2.49. The van der Waals surface area contributed by atoms with Crippen LogP contribution in [-0.4, -0.2) is 25.1 Å². The van der Waals surface area contributed by atoms with E-state index in [-0.39, 0.29) is 5.91 Å². The normalized spacial score (nSPS) is 17.3. The molecule has 0 bridgehead atoms. The molecule has 29 heavy (non-hydrogen) atoms. The molecule has 0 radical (unpaired) electrons. The van der Waals surface area contributed by atoms with E-state index in [1.807, 2.05) is 13.0 Å². The van der Waals surface area contributed by atoms with E-state index in [0.29, 0.717) is 6.54 Å². The highest BCUT2D eigenvalue weighted by atomic mass is 16.5. The number of amides is 1. The lowest BCUT2D eigenvalue weighted by molar-refractivity contribution is -0.127. The van der Waals surface area contributed by atoms with E-state index in [2.05, 4.69) is 46.6 Å². The summed E-state index contributed by atoms with van der Waals surface area (Å²) in [5.74, 6) is 0.710. The van der Waals surface area contributed by atoms with E-state index in [4.69, 9.17) is 4.74 Å². The van der Waals surface area contributed by atoms with Crippen molar-refractivity contribution in [3.05, 3.63) is 59.2 Å². The first-order chi connectivity index (χ1) is 14.2. The molecule has 1 fully saturated rings. The van der Waals surface area contributed by atoms with Gasteiger partial charge in [0.15, 0.2) is 6.10 Å². The van der Waals surface area contributed by atoms with Gasteiger partial charge in [-0.1, -0.05) is 18.2 Å². The van der Waals surface area contributed by atoms with Crippen LogP contribution in [0.3, 0.4) is 0 Å². The second-order valence-corrected chi connectivity index (χ2v) is 8.33. The van der Waals surface area contributed by atoms with Crippen LogP contribution in [0, 0.1) is 0 Å². The number of nitrogens with one attached hydrogen (secondary N) is 1. The van der Waals surface area contributed by atoms with Crippen LogP contribution in [0.2, 0.25) is 0 Å². The fourth-order valence-corrected chi connectivity index (χ4v) is 4.35. The van der Waals surface area contributed by atoms with Crippen LogP contribution < -0.4 is 15.0 Å². The van der Waals surface area contributed by atoms with Crippen molar-refractivity contribution in [1.29, 1.82) is 0 Å². The third-order valence-electron chi connectivity index (χ3n) is 6.13. The van der Waals surface area contributed by atoms with Crippen LogP contribution in [-0.2, 0) is 24.2 Å². The van der Waals surface area contributed by atoms with Gasteiger partial charge in [-0.25, -0.2) is 0 Å². The largest absolute Gasteiger partial charge is 0.481 e. The highest BCUT2D eigenvalue weighted by Gasteiger charge is 2.16. The van der Waals surface area contributed by atoms with Crippen LogP contribution in [0.25, 0.3) is 0 Å². The number of anilines is 1.